The highest BCUT2D eigenvalue weighted by atomic mass is 16.2. The van der Waals surface area contributed by atoms with Crippen molar-refractivity contribution in [2.75, 3.05) is 5.32 Å². The molecule has 3 heteroatoms. The van der Waals surface area contributed by atoms with Crippen molar-refractivity contribution in [1.29, 1.82) is 0 Å². The Kier molecular flexibility index (Phi) is 4.12. The minimum atomic E-state index is -0.0249. The van der Waals surface area contributed by atoms with Gasteiger partial charge in [-0.25, -0.2) is 4.79 Å². The third-order valence-corrected chi connectivity index (χ3v) is 4.69. The normalized spacial score (nSPS) is 22.8. The number of benzene rings is 2. The molecule has 1 aliphatic rings. The first-order chi connectivity index (χ1) is 11.0. The van der Waals surface area contributed by atoms with Gasteiger partial charge in [-0.05, 0) is 36.5 Å². The second-order valence-corrected chi connectivity index (χ2v) is 7.06. The van der Waals surface area contributed by atoms with Crippen LogP contribution in [-0.2, 0) is 0 Å². The summed E-state index contributed by atoms with van der Waals surface area (Å²) in [5.74, 6) is 0. The highest BCUT2D eigenvalue weighted by Crippen LogP contribution is 2.49. The number of amides is 2. The van der Waals surface area contributed by atoms with Crippen LogP contribution in [0.1, 0.15) is 38.8 Å². The smallest absolute Gasteiger partial charge is 0.314 e. The second kappa shape index (κ2) is 6.07. The van der Waals surface area contributed by atoms with Gasteiger partial charge in [0.25, 0.3) is 0 Å². The minimum Gasteiger partial charge on any atom is -0.314 e. The largest absolute Gasteiger partial charge is 0.322 e. The Morgan fingerprint density at radius 3 is 2.22 bits per heavy atom. The molecule has 2 amide bonds. The van der Waals surface area contributed by atoms with E-state index in [1.54, 1.807) is 0 Å². The lowest BCUT2D eigenvalue weighted by atomic mass is 9.80. The number of nitrogens with one attached hydrogen (secondary N) is 1. The summed E-state index contributed by atoms with van der Waals surface area (Å²) >= 11 is 0. The molecule has 0 saturated carbocycles. The van der Waals surface area contributed by atoms with Crippen molar-refractivity contribution in [3.05, 3.63) is 66.2 Å². The van der Waals surface area contributed by atoms with Gasteiger partial charge >= 0.3 is 6.03 Å². The molecule has 3 nitrogen and oxygen atoms in total. The van der Waals surface area contributed by atoms with Gasteiger partial charge in [0.15, 0.2) is 0 Å². The lowest BCUT2D eigenvalue weighted by Gasteiger charge is -2.34. The van der Waals surface area contributed by atoms with Gasteiger partial charge in [0.05, 0.1) is 6.04 Å². The number of nitrogens with zero attached hydrogens (tertiary/aromatic N) is 1. The van der Waals surface area contributed by atoms with E-state index in [2.05, 4.69) is 38.2 Å². The van der Waals surface area contributed by atoms with E-state index in [-0.39, 0.29) is 23.5 Å². The lowest BCUT2D eigenvalue weighted by Crippen LogP contribution is -2.40. The number of anilines is 1. The van der Waals surface area contributed by atoms with E-state index in [0.717, 1.165) is 12.1 Å². The molecule has 0 aromatic heterocycles. The Bertz CT molecular complexity index is 667. The van der Waals surface area contributed by atoms with Crippen LogP contribution < -0.4 is 5.32 Å². The highest BCUT2D eigenvalue weighted by molar-refractivity contribution is 5.90. The summed E-state index contributed by atoms with van der Waals surface area (Å²) in [5, 5.41) is 3.04. The Balaban J connectivity index is 1.90. The van der Waals surface area contributed by atoms with Crippen LogP contribution in [-0.4, -0.2) is 17.0 Å². The van der Waals surface area contributed by atoms with Crippen LogP contribution in [0.3, 0.4) is 0 Å². The number of para-hydroxylation sites is 1. The predicted octanol–water partition coefficient (Wildman–Crippen LogP) is 5.08. The SMILES string of the molecule is C[C@H]1CC(C)(C)[C@@H](c2ccccc2)N1C(=O)Nc1ccccc1. The molecule has 23 heavy (non-hydrogen) atoms. The topological polar surface area (TPSA) is 32.3 Å². The molecule has 1 saturated heterocycles. The molecule has 0 bridgehead atoms. The molecule has 3 rings (SSSR count). The second-order valence-electron chi connectivity index (χ2n) is 7.06. The molecule has 2 aromatic rings. The number of hydrogen-bond acceptors (Lipinski definition) is 1. The molecular weight excluding hydrogens is 284 g/mol. The molecule has 0 spiro atoms. The van der Waals surface area contributed by atoms with Crippen LogP contribution in [0.15, 0.2) is 60.7 Å². The molecule has 0 unspecified atom stereocenters. The van der Waals surface area contributed by atoms with Crippen molar-refractivity contribution < 1.29 is 4.79 Å². The maximum Gasteiger partial charge on any atom is 0.322 e. The van der Waals surface area contributed by atoms with Gasteiger partial charge in [-0.3, -0.25) is 0 Å². The molecule has 2 aromatic carbocycles. The Morgan fingerprint density at radius 1 is 1.04 bits per heavy atom. The molecule has 1 fully saturated rings. The Hall–Kier alpha value is -2.29. The average molecular weight is 308 g/mol. The van der Waals surface area contributed by atoms with Crippen molar-refractivity contribution in [2.24, 2.45) is 5.41 Å². The van der Waals surface area contributed by atoms with Crippen molar-refractivity contribution in [3.8, 4) is 0 Å². The summed E-state index contributed by atoms with van der Waals surface area (Å²) in [6, 6.07) is 20.3. The minimum absolute atomic E-state index is 0.0249. The Labute approximate surface area is 138 Å². The average Bonchev–Trinajstić information content (AvgIpc) is 2.78. The third-order valence-electron chi connectivity index (χ3n) is 4.69. The summed E-state index contributed by atoms with van der Waals surface area (Å²) < 4.78 is 0. The molecule has 1 N–H and O–H groups in total. The maximum absolute atomic E-state index is 12.9. The zero-order valence-corrected chi connectivity index (χ0v) is 14.0. The molecule has 0 radical (unpaired) electrons. The van der Waals surface area contributed by atoms with Crippen LogP contribution in [0, 0.1) is 5.41 Å². The maximum atomic E-state index is 12.9. The van der Waals surface area contributed by atoms with Gasteiger partial charge in [-0.2, -0.15) is 0 Å². The molecule has 1 heterocycles. The van der Waals surface area contributed by atoms with Crippen LogP contribution in [0.2, 0.25) is 0 Å². The molecule has 0 aliphatic carbocycles. The van der Waals surface area contributed by atoms with Gasteiger partial charge < -0.3 is 10.2 Å². The molecule has 1 aliphatic heterocycles. The van der Waals surface area contributed by atoms with Crippen molar-refractivity contribution in [1.82, 2.24) is 4.90 Å². The Morgan fingerprint density at radius 2 is 1.61 bits per heavy atom. The van der Waals surface area contributed by atoms with Gasteiger partial charge in [-0.1, -0.05) is 62.4 Å². The first-order valence-electron chi connectivity index (χ1n) is 8.18. The van der Waals surface area contributed by atoms with E-state index in [0.29, 0.717) is 0 Å². The van der Waals surface area contributed by atoms with Gasteiger partial charge in [0.1, 0.15) is 0 Å². The summed E-state index contributed by atoms with van der Waals surface area (Å²) in [7, 11) is 0. The van der Waals surface area contributed by atoms with Crippen molar-refractivity contribution in [2.45, 2.75) is 39.3 Å². The molecular formula is C20H24N2O. The summed E-state index contributed by atoms with van der Waals surface area (Å²) in [6.07, 6.45) is 0.995. The summed E-state index contributed by atoms with van der Waals surface area (Å²) in [6.45, 7) is 6.63. The van der Waals surface area contributed by atoms with Gasteiger partial charge in [-0.15, -0.1) is 0 Å². The third kappa shape index (κ3) is 3.09. The lowest BCUT2D eigenvalue weighted by molar-refractivity contribution is 0.170. The zero-order valence-electron chi connectivity index (χ0n) is 14.0. The number of carbonyl (C=O) groups excluding carboxylic acids is 1. The van der Waals surface area contributed by atoms with Crippen LogP contribution in [0.25, 0.3) is 0 Å². The van der Waals surface area contributed by atoms with E-state index < -0.39 is 0 Å². The fraction of sp³-hybridized carbons (Fsp3) is 0.350. The number of carbonyl (C=O) groups is 1. The summed E-state index contributed by atoms with van der Waals surface area (Å²) in [5.41, 5.74) is 2.08. The fourth-order valence-corrected chi connectivity index (χ4v) is 3.88. The van der Waals surface area contributed by atoms with E-state index in [1.807, 2.05) is 53.4 Å². The zero-order chi connectivity index (χ0) is 16.4. The predicted molar refractivity (Wildman–Crippen MR) is 94.3 cm³/mol. The first-order valence-corrected chi connectivity index (χ1v) is 8.18. The van der Waals surface area contributed by atoms with E-state index >= 15 is 0 Å². The number of likely N-dealkylation sites (tertiary alicyclic amines) is 1. The van der Waals surface area contributed by atoms with E-state index in [9.17, 15) is 4.79 Å². The monoisotopic (exact) mass is 308 g/mol. The van der Waals surface area contributed by atoms with Gasteiger partial charge in [0.2, 0.25) is 0 Å². The fourth-order valence-electron chi connectivity index (χ4n) is 3.88. The van der Waals surface area contributed by atoms with Crippen LogP contribution in [0.4, 0.5) is 10.5 Å². The number of rotatable bonds is 2. The highest BCUT2D eigenvalue weighted by Gasteiger charge is 2.47. The van der Waals surface area contributed by atoms with Crippen LogP contribution >= 0.6 is 0 Å². The number of urea groups is 1. The quantitative estimate of drug-likeness (QED) is 0.824. The van der Waals surface area contributed by atoms with Crippen molar-refractivity contribution in [3.63, 3.8) is 0 Å². The van der Waals surface area contributed by atoms with Crippen LogP contribution in [0.5, 0.6) is 0 Å². The van der Waals surface area contributed by atoms with Crippen molar-refractivity contribution >= 4 is 11.7 Å². The standard InChI is InChI=1S/C20H24N2O/c1-15-14-20(2,3)18(16-10-6-4-7-11-16)22(15)19(23)21-17-12-8-5-9-13-17/h4-13,15,18H,14H2,1-3H3,(H,21,23)/t15-,18+/m0/s1. The number of hydrogen-bond donors (Lipinski definition) is 1. The van der Waals surface area contributed by atoms with E-state index in [4.69, 9.17) is 0 Å². The van der Waals surface area contributed by atoms with Gasteiger partial charge in [0, 0.05) is 11.7 Å². The molecule has 2 atom stereocenters. The van der Waals surface area contributed by atoms with E-state index in [1.165, 1.54) is 5.56 Å². The first kappa shape index (κ1) is 15.6. The molecule has 120 valence electrons. The summed E-state index contributed by atoms with van der Waals surface area (Å²) in [4.78, 5) is 14.9.